The van der Waals surface area contributed by atoms with Crippen molar-refractivity contribution in [2.75, 3.05) is 0 Å². The van der Waals surface area contributed by atoms with E-state index in [0.717, 1.165) is 6.42 Å². The molecule has 0 aliphatic rings. The number of carboxylic acids is 2. The molecule has 0 unspecified atom stereocenters. The highest BCUT2D eigenvalue weighted by Crippen LogP contribution is 2.29. The summed E-state index contributed by atoms with van der Waals surface area (Å²) in [5, 5.41) is 34.4. The molecule has 2 aromatic rings. The topological polar surface area (TPSA) is 115 Å². The number of carboxylic acid groups (broad SMARTS) is 2. The molecule has 0 radical (unpaired) electrons. The molecule has 0 saturated heterocycles. The van der Waals surface area contributed by atoms with Crippen LogP contribution in [0, 0.1) is 0 Å². The number of aliphatic carboxylic acids is 2. The van der Waals surface area contributed by atoms with Crippen LogP contribution in [0.5, 0.6) is 11.5 Å². The monoisotopic (exact) mass is 400 g/mol. The van der Waals surface area contributed by atoms with E-state index in [1.807, 2.05) is 24.3 Å². The van der Waals surface area contributed by atoms with Crippen LogP contribution in [0.3, 0.4) is 0 Å². The SMILES string of the molecule is C=C(C)C(=O)O.C=C(C)C(=O)O.CCC(c1ccc(O)cc1)c1ccc(O)cc1. The van der Waals surface area contributed by atoms with E-state index in [1.54, 1.807) is 24.3 Å². The molecule has 0 fully saturated rings. The van der Waals surface area contributed by atoms with Crippen molar-refractivity contribution in [1.82, 2.24) is 0 Å². The van der Waals surface area contributed by atoms with Gasteiger partial charge in [-0.15, -0.1) is 0 Å². The Labute approximate surface area is 171 Å². The molecular weight excluding hydrogens is 372 g/mol. The van der Waals surface area contributed by atoms with Gasteiger partial charge in [0.25, 0.3) is 0 Å². The van der Waals surface area contributed by atoms with Gasteiger partial charge in [-0.3, -0.25) is 0 Å². The maximum Gasteiger partial charge on any atom is 0.330 e. The number of rotatable bonds is 5. The Bertz CT molecular complexity index is 726. The summed E-state index contributed by atoms with van der Waals surface area (Å²) in [5.41, 5.74) is 2.71. The third kappa shape index (κ3) is 10.4. The molecule has 0 aliphatic carbocycles. The fraction of sp³-hybridized carbons (Fsp3) is 0.217. The lowest BCUT2D eigenvalue weighted by Crippen LogP contribution is -1.98. The molecule has 0 aliphatic heterocycles. The minimum absolute atomic E-state index is 0.176. The molecule has 0 aromatic heterocycles. The average molecular weight is 400 g/mol. The van der Waals surface area contributed by atoms with Crippen LogP contribution in [-0.2, 0) is 9.59 Å². The van der Waals surface area contributed by atoms with Crippen LogP contribution in [-0.4, -0.2) is 32.4 Å². The van der Waals surface area contributed by atoms with Gasteiger partial charge in [0.1, 0.15) is 11.5 Å². The molecular formula is C23H28O6. The number of hydrogen-bond acceptors (Lipinski definition) is 4. The number of carbonyl (C=O) groups is 2. The Hall–Kier alpha value is -3.54. The van der Waals surface area contributed by atoms with E-state index in [1.165, 1.54) is 25.0 Å². The van der Waals surface area contributed by atoms with Gasteiger partial charge in [-0.05, 0) is 55.7 Å². The molecule has 0 atom stereocenters. The van der Waals surface area contributed by atoms with Crippen molar-refractivity contribution in [1.29, 1.82) is 0 Å². The highest BCUT2D eigenvalue weighted by atomic mass is 16.4. The molecule has 2 rings (SSSR count). The number of hydrogen-bond donors (Lipinski definition) is 4. The zero-order valence-electron chi connectivity index (χ0n) is 16.9. The Morgan fingerprint density at radius 3 is 1.17 bits per heavy atom. The van der Waals surface area contributed by atoms with Crippen LogP contribution >= 0.6 is 0 Å². The Kier molecular flexibility index (Phi) is 11.2. The second kappa shape index (κ2) is 12.8. The smallest absolute Gasteiger partial charge is 0.330 e. The molecule has 2 aromatic carbocycles. The van der Waals surface area contributed by atoms with Crippen molar-refractivity contribution in [3.8, 4) is 11.5 Å². The summed E-state index contributed by atoms with van der Waals surface area (Å²) in [7, 11) is 0. The predicted molar refractivity (Wildman–Crippen MR) is 113 cm³/mol. The van der Waals surface area contributed by atoms with Crippen LogP contribution in [0.2, 0.25) is 0 Å². The summed E-state index contributed by atoms with van der Waals surface area (Å²) in [4.78, 5) is 19.2. The van der Waals surface area contributed by atoms with Crippen molar-refractivity contribution < 1.29 is 30.0 Å². The highest BCUT2D eigenvalue weighted by molar-refractivity contribution is 5.85. The summed E-state index contributed by atoms with van der Waals surface area (Å²) in [5.74, 6) is -0.996. The first-order chi connectivity index (χ1) is 13.5. The number of phenols is 2. The summed E-state index contributed by atoms with van der Waals surface area (Å²) in [6, 6.07) is 14.6. The first kappa shape index (κ1) is 25.5. The molecule has 0 amide bonds. The summed E-state index contributed by atoms with van der Waals surface area (Å²) >= 11 is 0. The van der Waals surface area contributed by atoms with Crippen LogP contribution in [0.4, 0.5) is 0 Å². The maximum absolute atomic E-state index is 9.60. The van der Waals surface area contributed by atoms with Crippen LogP contribution in [0.15, 0.2) is 72.8 Å². The van der Waals surface area contributed by atoms with E-state index in [2.05, 4.69) is 20.1 Å². The number of benzene rings is 2. The van der Waals surface area contributed by atoms with E-state index in [4.69, 9.17) is 10.2 Å². The van der Waals surface area contributed by atoms with Gasteiger partial charge in [0, 0.05) is 17.1 Å². The molecule has 156 valence electrons. The van der Waals surface area contributed by atoms with Crippen molar-refractivity contribution in [2.45, 2.75) is 33.1 Å². The molecule has 0 heterocycles. The third-order valence-corrected chi connectivity index (χ3v) is 3.73. The minimum atomic E-state index is -0.935. The zero-order valence-corrected chi connectivity index (χ0v) is 16.9. The Morgan fingerprint density at radius 1 is 0.759 bits per heavy atom. The van der Waals surface area contributed by atoms with Crippen LogP contribution in [0.25, 0.3) is 0 Å². The van der Waals surface area contributed by atoms with Gasteiger partial charge in [-0.1, -0.05) is 44.3 Å². The molecule has 29 heavy (non-hydrogen) atoms. The first-order valence-corrected chi connectivity index (χ1v) is 8.85. The standard InChI is InChI=1S/C15H16O2.2C4H6O2/c1-2-15(11-3-7-13(16)8-4-11)12-5-9-14(17)10-6-12;2*1-3(2)4(5)6/h3-10,15-17H,2H2,1H3;2*1H2,2H3,(H,5,6). The zero-order chi connectivity index (χ0) is 22.6. The second-order valence-electron chi connectivity index (χ2n) is 6.31. The van der Waals surface area contributed by atoms with E-state index in [0.29, 0.717) is 5.92 Å². The van der Waals surface area contributed by atoms with E-state index < -0.39 is 11.9 Å². The van der Waals surface area contributed by atoms with Crippen molar-refractivity contribution >= 4 is 11.9 Å². The van der Waals surface area contributed by atoms with Gasteiger partial charge in [-0.2, -0.15) is 0 Å². The van der Waals surface area contributed by atoms with E-state index in [9.17, 15) is 19.8 Å². The lowest BCUT2D eigenvalue weighted by atomic mass is 9.89. The lowest BCUT2D eigenvalue weighted by Gasteiger charge is -2.16. The molecule has 0 bridgehead atoms. The van der Waals surface area contributed by atoms with Crippen LogP contribution < -0.4 is 0 Å². The Balaban J connectivity index is 0.000000542. The van der Waals surface area contributed by atoms with Gasteiger partial charge in [0.2, 0.25) is 0 Å². The summed E-state index contributed by atoms with van der Waals surface area (Å²) in [6.07, 6.45) is 0.982. The Morgan fingerprint density at radius 2 is 1.00 bits per heavy atom. The minimum Gasteiger partial charge on any atom is -0.508 e. The molecule has 0 spiro atoms. The van der Waals surface area contributed by atoms with E-state index >= 15 is 0 Å². The molecule has 0 saturated carbocycles. The largest absolute Gasteiger partial charge is 0.508 e. The van der Waals surface area contributed by atoms with Crippen molar-refractivity contribution in [2.24, 2.45) is 0 Å². The van der Waals surface area contributed by atoms with Crippen molar-refractivity contribution in [3.63, 3.8) is 0 Å². The number of aromatic hydroxyl groups is 2. The fourth-order valence-corrected chi connectivity index (χ4v) is 2.08. The first-order valence-electron chi connectivity index (χ1n) is 8.85. The average Bonchev–Trinajstić information content (AvgIpc) is 2.66. The summed E-state index contributed by atoms with van der Waals surface area (Å²) in [6.45, 7) is 11.3. The van der Waals surface area contributed by atoms with Gasteiger partial charge in [0.15, 0.2) is 0 Å². The molecule has 6 heteroatoms. The number of phenolic OH excluding ortho intramolecular Hbond substituents is 2. The van der Waals surface area contributed by atoms with E-state index in [-0.39, 0.29) is 22.6 Å². The van der Waals surface area contributed by atoms with Gasteiger partial charge < -0.3 is 20.4 Å². The van der Waals surface area contributed by atoms with Gasteiger partial charge in [-0.25, -0.2) is 9.59 Å². The highest BCUT2D eigenvalue weighted by Gasteiger charge is 2.11. The quantitative estimate of drug-likeness (QED) is 0.529. The third-order valence-electron chi connectivity index (χ3n) is 3.73. The summed E-state index contributed by atoms with van der Waals surface area (Å²) < 4.78 is 0. The molecule has 6 nitrogen and oxygen atoms in total. The van der Waals surface area contributed by atoms with Crippen LogP contribution in [0.1, 0.15) is 44.2 Å². The van der Waals surface area contributed by atoms with Gasteiger partial charge >= 0.3 is 11.9 Å². The lowest BCUT2D eigenvalue weighted by molar-refractivity contribution is -0.133. The maximum atomic E-state index is 9.60. The normalized spacial score (nSPS) is 9.38. The predicted octanol–water partition coefficient (Wildman–Crippen LogP) is 4.93. The van der Waals surface area contributed by atoms with Crippen molar-refractivity contribution in [3.05, 3.63) is 84.0 Å². The van der Waals surface area contributed by atoms with Gasteiger partial charge in [0.05, 0.1) is 0 Å². The fourth-order valence-electron chi connectivity index (χ4n) is 2.08. The second-order valence-corrected chi connectivity index (χ2v) is 6.31. The molecule has 4 N–H and O–H groups in total.